The molecule has 1 saturated heterocycles. The average molecular weight is 521 g/mol. The van der Waals surface area contributed by atoms with E-state index in [1.165, 1.54) is 7.11 Å². The number of aliphatic hydroxyl groups excluding tert-OH is 3. The summed E-state index contributed by atoms with van der Waals surface area (Å²) < 4.78 is 16.7. The number of nitrogens with zero attached hydrogens (tertiary/aromatic N) is 2. The first-order chi connectivity index (χ1) is 17.1. The van der Waals surface area contributed by atoms with Crippen LogP contribution in [-0.4, -0.2) is 96.3 Å². The van der Waals surface area contributed by atoms with Crippen molar-refractivity contribution in [2.75, 3.05) is 39.2 Å². The van der Waals surface area contributed by atoms with Gasteiger partial charge in [-0.05, 0) is 32.1 Å². The quantitative estimate of drug-likeness (QED) is 0.406. The van der Waals surface area contributed by atoms with Crippen LogP contribution in [0.1, 0.15) is 6.92 Å². The normalized spacial score (nSPS) is 26.2. The molecule has 2 aliphatic heterocycles. The van der Waals surface area contributed by atoms with Gasteiger partial charge in [-0.1, -0.05) is 30.8 Å². The van der Waals surface area contributed by atoms with Crippen LogP contribution in [0.15, 0.2) is 46.2 Å². The predicted molar refractivity (Wildman–Crippen MR) is 133 cm³/mol. The summed E-state index contributed by atoms with van der Waals surface area (Å²) in [6.07, 6.45) is -8.52. The van der Waals surface area contributed by atoms with Gasteiger partial charge in [-0.25, -0.2) is 4.79 Å². The largest absolute Gasteiger partial charge is 0.493 e. The second-order valence-corrected chi connectivity index (χ2v) is 10.5. The number of rotatable bonds is 8. The van der Waals surface area contributed by atoms with Gasteiger partial charge in [0.15, 0.2) is 17.6 Å². The number of carbonyl (C=O) groups is 1. The fraction of sp³-hybridized carbons (Fsp3) is 0.480. The predicted octanol–water partition coefficient (Wildman–Crippen LogP) is 1.77. The summed E-state index contributed by atoms with van der Waals surface area (Å²) in [7, 11) is 5.57. The third-order valence-electron chi connectivity index (χ3n) is 6.14. The van der Waals surface area contributed by atoms with Crippen LogP contribution in [0, 0.1) is 5.92 Å². The Morgan fingerprint density at radius 2 is 1.81 bits per heavy atom. The molecular formula is C25H32N2O8S. The van der Waals surface area contributed by atoms with Crippen molar-refractivity contribution >= 4 is 29.1 Å². The molecule has 2 heterocycles. The van der Waals surface area contributed by atoms with Crippen molar-refractivity contribution in [1.29, 1.82) is 0 Å². The first kappa shape index (κ1) is 26.5. The zero-order valence-electron chi connectivity index (χ0n) is 20.6. The Morgan fingerprint density at radius 1 is 1.08 bits per heavy atom. The molecule has 2 aromatic carbocycles. The molecule has 10 nitrogen and oxygen atoms in total. The van der Waals surface area contributed by atoms with Gasteiger partial charge in [-0.2, -0.15) is 0 Å². The number of ether oxygens (including phenoxy) is 3. The van der Waals surface area contributed by atoms with Crippen LogP contribution in [0.25, 0.3) is 0 Å². The van der Waals surface area contributed by atoms with Crippen LogP contribution < -0.4 is 14.4 Å². The first-order valence-electron chi connectivity index (χ1n) is 11.6. The van der Waals surface area contributed by atoms with E-state index in [1.54, 1.807) is 17.8 Å². The van der Waals surface area contributed by atoms with Crippen LogP contribution in [0.3, 0.4) is 0 Å². The fourth-order valence-corrected chi connectivity index (χ4v) is 5.66. The molecule has 0 radical (unpaired) electrons. The Kier molecular flexibility index (Phi) is 7.98. The highest BCUT2D eigenvalue weighted by Gasteiger charge is 2.48. The molecule has 0 amide bonds. The minimum Gasteiger partial charge on any atom is -0.493 e. The van der Waals surface area contributed by atoms with Gasteiger partial charge in [0, 0.05) is 35.0 Å². The first-order valence-corrected chi connectivity index (χ1v) is 12.4. The number of benzene rings is 2. The molecule has 0 unspecified atom stereocenters. The Hall–Kier alpha value is -2.54. The van der Waals surface area contributed by atoms with Crippen LogP contribution in [-0.2, 0) is 9.53 Å². The van der Waals surface area contributed by atoms with Gasteiger partial charge in [0.25, 0.3) is 0 Å². The van der Waals surface area contributed by atoms with Crippen molar-refractivity contribution in [1.82, 2.24) is 4.90 Å². The van der Waals surface area contributed by atoms with E-state index in [2.05, 4.69) is 22.8 Å². The SMILES string of the molecule is COc1cc2c(cc1O[C@@H]1O[C@H](C(=O)O)[C@@H](O)[C@H](O)[C@H]1O)Sc1ccccc1N2C[C@H](C)CN(C)C. The molecule has 0 spiro atoms. The zero-order chi connectivity index (χ0) is 26.1. The number of methoxy groups -OCH3 is 1. The Labute approximate surface area is 214 Å². The smallest absolute Gasteiger partial charge is 0.335 e. The van der Waals surface area contributed by atoms with Gasteiger partial charge in [-0.15, -0.1) is 0 Å². The van der Waals surface area contributed by atoms with Crippen molar-refractivity contribution in [2.45, 2.75) is 47.4 Å². The van der Waals surface area contributed by atoms with Crippen molar-refractivity contribution in [2.24, 2.45) is 5.92 Å². The lowest BCUT2D eigenvalue weighted by Crippen LogP contribution is -2.61. The highest BCUT2D eigenvalue weighted by Crippen LogP contribution is 2.51. The van der Waals surface area contributed by atoms with Crippen LogP contribution in [0.5, 0.6) is 11.5 Å². The molecule has 0 bridgehead atoms. The summed E-state index contributed by atoms with van der Waals surface area (Å²) in [4.78, 5) is 17.8. The summed E-state index contributed by atoms with van der Waals surface area (Å²) in [5.41, 5.74) is 2.02. The Morgan fingerprint density at radius 3 is 2.47 bits per heavy atom. The maximum Gasteiger partial charge on any atom is 0.335 e. The van der Waals surface area contributed by atoms with Crippen LogP contribution >= 0.6 is 11.8 Å². The molecule has 4 rings (SSSR count). The highest BCUT2D eigenvalue weighted by molar-refractivity contribution is 7.99. The minimum atomic E-state index is -1.80. The van der Waals surface area contributed by atoms with Gasteiger partial charge >= 0.3 is 5.97 Å². The van der Waals surface area contributed by atoms with Gasteiger partial charge < -0.3 is 44.4 Å². The summed E-state index contributed by atoms with van der Waals surface area (Å²) in [6.45, 7) is 3.87. The number of para-hydroxylation sites is 1. The van der Waals surface area contributed by atoms with Crippen LogP contribution in [0.4, 0.5) is 11.4 Å². The zero-order valence-corrected chi connectivity index (χ0v) is 21.4. The molecule has 11 heteroatoms. The Balaban J connectivity index is 1.68. The minimum absolute atomic E-state index is 0.209. The van der Waals surface area contributed by atoms with E-state index in [9.17, 15) is 25.2 Å². The number of aliphatic carboxylic acids is 1. The highest BCUT2D eigenvalue weighted by atomic mass is 32.2. The molecule has 4 N–H and O–H groups in total. The molecular weight excluding hydrogens is 488 g/mol. The molecule has 36 heavy (non-hydrogen) atoms. The van der Waals surface area contributed by atoms with Crippen molar-refractivity contribution < 1.29 is 39.4 Å². The number of fused-ring (bicyclic) bond motifs is 2. The van der Waals surface area contributed by atoms with Gasteiger partial charge in [0.05, 0.1) is 18.5 Å². The van der Waals surface area contributed by atoms with Crippen LogP contribution in [0.2, 0.25) is 0 Å². The molecule has 0 aliphatic carbocycles. The molecule has 2 aliphatic rings. The summed E-state index contributed by atoms with van der Waals surface area (Å²) >= 11 is 1.56. The van der Waals surface area contributed by atoms with E-state index in [4.69, 9.17) is 14.2 Å². The topological polar surface area (TPSA) is 132 Å². The van der Waals surface area contributed by atoms with E-state index in [-0.39, 0.29) is 5.75 Å². The number of aliphatic hydroxyl groups is 3. The van der Waals surface area contributed by atoms with Crippen molar-refractivity contribution in [3.8, 4) is 11.5 Å². The number of hydrogen-bond donors (Lipinski definition) is 4. The summed E-state index contributed by atoms with van der Waals surface area (Å²) in [5, 5.41) is 39.9. The fourth-order valence-electron chi connectivity index (χ4n) is 4.55. The molecule has 2 aromatic rings. The summed E-state index contributed by atoms with van der Waals surface area (Å²) in [5.74, 6) is -0.560. The van der Waals surface area contributed by atoms with E-state index in [1.807, 2.05) is 38.4 Å². The lowest BCUT2D eigenvalue weighted by Gasteiger charge is -2.39. The lowest BCUT2D eigenvalue weighted by atomic mass is 9.99. The second-order valence-electron chi connectivity index (χ2n) is 9.37. The molecule has 6 atom stereocenters. The molecule has 0 aromatic heterocycles. The molecule has 1 fully saturated rings. The van der Waals surface area contributed by atoms with Crippen molar-refractivity contribution in [3.05, 3.63) is 36.4 Å². The number of hydrogen-bond acceptors (Lipinski definition) is 10. The average Bonchev–Trinajstić information content (AvgIpc) is 2.83. The third kappa shape index (κ3) is 5.26. The molecule has 196 valence electrons. The maximum atomic E-state index is 11.5. The van der Waals surface area contributed by atoms with Crippen molar-refractivity contribution in [3.63, 3.8) is 0 Å². The van der Waals surface area contributed by atoms with E-state index in [0.29, 0.717) is 11.7 Å². The second kappa shape index (κ2) is 10.8. The molecule has 0 saturated carbocycles. The van der Waals surface area contributed by atoms with Gasteiger partial charge in [0.1, 0.15) is 18.3 Å². The monoisotopic (exact) mass is 520 g/mol. The van der Waals surface area contributed by atoms with E-state index < -0.39 is 36.7 Å². The summed E-state index contributed by atoms with van der Waals surface area (Å²) in [6, 6.07) is 11.7. The maximum absolute atomic E-state index is 11.5. The van der Waals surface area contributed by atoms with E-state index in [0.717, 1.165) is 34.3 Å². The number of carboxylic acids is 1. The standard InChI is InChI=1S/C25H32N2O8S/c1-13(11-26(2)3)12-27-14-7-5-6-8-18(14)36-19-10-17(16(33-4)9-15(19)27)34-25-22(30)20(28)21(29)23(35-25)24(31)32/h5-10,13,20-23,25,28-30H,11-12H2,1-4H3,(H,31,32)/t13-,20+,21+,22-,23+,25-/m1/s1. The number of anilines is 2. The number of carboxylic acid groups (broad SMARTS) is 1. The van der Waals surface area contributed by atoms with E-state index >= 15 is 0 Å². The Bertz CT molecular complexity index is 1100. The lowest BCUT2D eigenvalue weighted by molar-refractivity contribution is -0.271. The van der Waals surface area contributed by atoms with Gasteiger partial charge in [-0.3, -0.25) is 0 Å². The van der Waals surface area contributed by atoms with Gasteiger partial charge in [0.2, 0.25) is 6.29 Å². The third-order valence-corrected chi connectivity index (χ3v) is 7.25.